The molecule has 3 atom stereocenters. The summed E-state index contributed by atoms with van der Waals surface area (Å²) in [7, 11) is 0. The van der Waals surface area contributed by atoms with Crippen LogP contribution in [0.2, 0.25) is 0 Å². The largest absolute Gasteiger partial charge is 0.458 e. The fourth-order valence-electron chi connectivity index (χ4n) is 1.21. The Labute approximate surface area is 64.9 Å². The van der Waals surface area contributed by atoms with Gasteiger partial charge in [0.05, 0.1) is 0 Å². The lowest BCUT2D eigenvalue weighted by atomic mass is 10.2. The van der Waals surface area contributed by atoms with Gasteiger partial charge in [-0.05, 0) is 6.92 Å². The molecule has 0 bridgehead atoms. The number of ether oxygens (including phenoxy) is 1. The Morgan fingerprint density at radius 2 is 2.36 bits per heavy atom. The number of hydrogen-bond acceptors (Lipinski definition) is 3. The van der Waals surface area contributed by atoms with Gasteiger partial charge in [0.25, 0.3) is 0 Å². The van der Waals surface area contributed by atoms with Crippen molar-refractivity contribution in [3.05, 3.63) is 0 Å². The molecule has 0 radical (unpaired) electrons. The molecule has 1 unspecified atom stereocenters. The second-order valence-electron chi connectivity index (χ2n) is 2.79. The number of carbonyl (C=O) groups is 1. The minimum atomic E-state index is -1.06. The van der Waals surface area contributed by atoms with E-state index in [1.54, 1.807) is 6.92 Å². The van der Waals surface area contributed by atoms with E-state index in [0.29, 0.717) is 0 Å². The van der Waals surface area contributed by atoms with Crippen molar-refractivity contribution >= 4 is 5.97 Å². The fourth-order valence-corrected chi connectivity index (χ4v) is 1.21. The van der Waals surface area contributed by atoms with Crippen LogP contribution >= 0.6 is 0 Å². The predicted octanol–water partition coefficient (Wildman–Crippen LogP) is 0.248. The van der Waals surface area contributed by atoms with Crippen LogP contribution in [0.3, 0.4) is 0 Å². The monoisotopic (exact) mass is 161 g/mol. The molecular weight excluding hydrogens is 149 g/mol. The zero-order chi connectivity index (χ0) is 8.43. The van der Waals surface area contributed by atoms with Gasteiger partial charge in [0, 0.05) is 19.5 Å². The summed E-state index contributed by atoms with van der Waals surface area (Å²) in [6, 6.07) is -0.0751. The number of rotatable bonds is 1. The SMILES string of the molecule is CC(=O)O[C@H]1C(C)NC[C@@H]1F. The van der Waals surface area contributed by atoms with Crippen LogP contribution in [0.5, 0.6) is 0 Å². The Bertz CT molecular complexity index is 153. The Morgan fingerprint density at radius 3 is 2.73 bits per heavy atom. The molecule has 1 aliphatic rings. The fraction of sp³-hybridized carbons (Fsp3) is 0.857. The minimum absolute atomic E-state index is 0.0751. The van der Waals surface area contributed by atoms with Crippen molar-refractivity contribution in [2.24, 2.45) is 0 Å². The first-order valence-corrected chi connectivity index (χ1v) is 3.66. The maximum Gasteiger partial charge on any atom is 0.303 e. The van der Waals surface area contributed by atoms with E-state index in [4.69, 9.17) is 4.74 Å². The van der Waals surface area contributed by atoms with E-state index in [-0.39, 0.29) is 12.6 Å². The molecule has 3 nitrogen and oxygen atoms in total. The Kier molecular flexibility index (Phi) is 2.44. The molecule has 0 aromatic rings. The van der Waals surface area contributed by atoms with E-state index < -0.39 is 18.2 Å². The maximum absolute atomic E-state index is 12.9. The Morgan fingerprint density at radius 1 is 1.73 bits per heavy atom. The van der Waals surface area contributed by atoms with Gasteiger partial charge in [0.2, 0.25) is 0 Å². The summed E-state index contributed by atoms with van der Waals surface area (Å²) in [4.78, 5) is 10.5. The normalized spacial score (nSPS) is 37.2. The van der Waals surface area contributed by atoms with Crippen LogP contribution in [0.25, 0.3) is 0 Å². The first-order chi connectivity index (χ1) is 5.11. The summed E-state index contributed by atoms with van der Waals surface area (Å²) in [5, 5.41) is 2.87. The summed E-state index contributed by atoms with van der Waals surface area (Å²) in [5.41, 5.74) is 0. The van der Waals surface area contributed by atoms with Gasteiger partial charge in [-0.1, -0.05) is 0 Å². The van der Waals surface area contributed by atoms with Gasteiger partial charge in [0.1, 0.15) is 6.10 Å². The smallest absolute Gasteiger partial charge is 0.303 e. The van der Waals surface area contributed by atoms with Crippen molar-refractivity contribution in [3.8, 4) is 0 Å². The van der Waals surface area contributed by atoms with Crippen LogP contribution in [0.1, 0.15) is 13.8 Å². The molecule has 1 saturated heterocycles. The highest BCUT2D eigenvalue weighted by atomic mass is 19.1. The minimum Gasteiger partial charge on any atom is -0.458 e. The third-order valence-corrected chi connectivity index (χ3v) is 1.79. The summed E-state index contributed by atoms with van der Waals surface area (Å²) < 4.78 is 17.6. The first kappa shape index (κ1) is 8.46. The van der Waals surface area contributed by atoms with Crippen LogP contribution in [0.4, 0.5) is 4.39 Å². The number of alkyl halides is 1. The number of carbonyl (C=O) groups excluding carboxylic acids is 1. The van der Waals surface area contributed by atoms with Crippen LogP contribution in [-0.2, 0) is 9.53 Å². The van der Waals surface area contributed by atoms with E-state index in [0.717, 1.165) is 0 Å². The van der Waals surface area contributed by atoms with Crippen molar-refractivity contribution in [2.45, 2.75) is 32.2 Å². The average Bonchev–Trinajstić information content (AvgIpc) is 2.18. The topological polar surface area (TPSA) is 38.3 Å². The quantitative estimate of drug-likeness (QED) is 0.560. The van der Waals surface area contributed by atoms with E-state index in [2.05, 4.69) is 5.32 Å². The van der Waals surface area contributed by atoms with E-state index >= 15 is 0 Å². The molecule has 1 aliphatic heterocycles. The predicted molar refractivity (Wildman–Crippen MR) is 37.9 cm³/mol. The lowest BCUT2D eigenvalue weighted by Crippen LogP contribution is -2.33. The van der Waals surface area contributed by atoms with Gasteiger partial charge in [-0.3, -0.25) is 4.79 Å². The molecule has 0 saturated carbocycles. The third-order valence-electron chi connectivity index (χ3n) is 1.79. The molecule has 0 aromatic heterocycles. The van der Waals surface area contributed by atoms with Crippen molar-refractivity contribution in [2.75, 3.05) is 6.54 Å². The number of hydrogen-bond donors (Lipinski definition) is 1. The van der Waals surface area contributed by atoms with Crippen LogP contribution in [0.15, 0.2) is 0 Å². The summed E-state index contributed by atoms with van der Waals surface area (Å²) in [6.45, 7) is 3.37. The molecule has 0 amide bonds. The summed E-state index contributed by atoms with van der Waals surface area (Å²) in [5.74, 6) is -0.423. The molecule has 1 rings (SSSR count). The molecular formula is C7H12FNO2. The standard InChI is InChI=1S/C7H12FNO2/c1-4-7(11-5(2)10)6(8)3-9-4/h4,6-7,9H,3H2,1-2H3/t4?,6-,7-/m0/s1. The van der Waals surface area contributed by atoms with Crippen LogP contribution < -0.4 is 5.32 Å². The van der Waals surface area contributed by atoms with Crippen molar-refractivity contribution < 1.29 is 13.9 Å². The van der Waals surface area contributed by atoms with Gasteiger partial charge in [-0.25, -0.2) is 4.39 Å². The highest BCUT2D eigenvalue weighted by Crippen LogP contribution is 2.14. The van der Waals surface area contributed by atoms with Crippen LogP contribution in [-0.4, -0.2) is 30.8 Å². The number of halogens is 1. The molecule has 1 fully saturated rings. The van der Waals surface area contributed by atoms with E-state index in [1.165, 1.54) is 6.92 Å². The number of nitrogens with one attached hydrogen (secondary N) is 1. The average molecular weight is 161 g/mol. The van der Waals surface area contributed by atoms with Gasteiger partial charge in [-0.2, -0.15) is 0 Å². The van der Waals surface area contributed by atoms with Gasteiger partial charge >= 0.3 is 5.97 Å². The maximum atomic E-state index is 12.9. The Balaban J connectivity index is 2.47. The second-order valence-corrected chi connectivity index (χ2v) is 2.79. The Hall–Kier alpha value is -0.640. The van der Waals surface area contributed by atoms with Crippen LogP contribution in [0, 0.1) is 0 Å². The molecule has 1 heterocycles. The van der Waals surface area contributed by atoms with E-state index in [9.17, 15) is 9.18 Å². The summed E-state index contributed by atoms with van der Waals surface area (Å²) >= 11 is 0. The first-order valence-electron chi connectivity index (χ1n) is 3.66. The van der Waals surface area contributed by atoms with Crippen molar-refractivity contribution in [1.82, 2.24) is 5.32 Å². The van der Waals surface area contributed by atoms with Crippen molar-refractivity contribution in [3.63, 3.8) is 0 Å². The van der Waals surface area contributed by atoms with Gasteiger partial charge in [0.15, 0.2) is 6.17 Å². The number of esters is 1. The lowest BCUT2D eigenvalue weighted by Gasteiger charge is -2.16. The molecule has 0 aliphatic carbocycles. The van der Waals surface area contributed by atoms with E-state index in [1.807, 2.05) is 0 Å². The molecule has 1 N–H and O–H groups in total. The zero-order valence-corrected chi connectivity index (χ0v) is 6.63. The molecule has 0 aromatic carbocycles. The third kappa shape index (κ3) is 1.89. The highest BCUT2D eigenvalue weighted by Gasteiger charge is 2.35. The molecule has 0 spiro atoms. The van der Waals surface area contributed by atoms with Gasteiger partial charge in [-0.15, -0.1) is 0 Å². The molecule has 64 valence electrons. The highest BCUT2D eigenvalue weighted by molar-refractivity contribution is 5.66. The summed E-state index contributed by atoms with van der Waals surface area (Å²) in [6.07, 6.45) is -1.67. The molecule has 11 heavy (non-hydrogen) atoms. The zero-order valence-electron chi connectivity index (χ0n) is 6.63. The lowest BCUT2D eigenvalue weighted by molar-refractivity contribution is -0.149. The van der Waals surface area contributed by atoms with Crippen molar-refractivity contribution in [1.29, 1.82) is 0 Å². The molecule has 4 heteroatoms. The van der Waals surface area contributed by atoms with Gasteiger partial charge < -0.3 is 10.1 Å². The second kappa shape index (κ2) is 3.17.